The molecule has 0 spiro atoms. The minimum absolute atomic E-state index is 0.868. The molecule has 3 nitrogen and oxygen atoms in total. The summed E-state index contributed by atoms with van der Waals surface area (Å²) in [5.74, 6) is 0.868. The van der Waals surface area contributed by atoms with Gasteiger partial charge in [-0.05, 0) is 48.4 Å². The second kappa shape index (κ2) is 5.21. The molecule has 0 aliphatic carbocycles. The lowest BCUT2D eigenvalue weighted by Gasteiger charge is -2.03. The van der Waals surface area contributed by atoms with Crippen molar-refractivity contribution in [2.75, 3.05) is 7.11 Å². The van der Waals surface area contributed by atoms with E-state index in [9.17, 15) is 0 Å². The van der Waals surface area contributed by atoms with Crippen LogP contribution in [0.3, 0.4) is 0 Å². The Balaban J connectivity index is 2.07. The summed E-state index contributed by atoms with van der Waals surface area (Å²) in [6.07, 6.45) is 7.81. The van der Waals surface area contributed by atoms with Crippen molar-refractivity contribution in [2.45, 2.75) is 6.92 Å². The van der Waals surface area contributed by atoms with E-state index in [2.05, 4.69) is 29.0 Å². The summed E-state index contributed by atoms with van der Waals surface area (Å²) in [5, 5.41) is 1.17. The number of aromatic amines is 1. The number of allylic oxidation sites excluding steroid dienone is 1. The van der Waals surface area contributed by atoms with Gasteiger partial charge in [-0.1, -0.05) is 6.07 Å². The first-order valence-corrected chi connectivity index (χ1v) is 6.52. The van der Waals surface area contributed by atoms with Crippen LogP contribution in [-0.4, -0.2) is 17.1 Å². The molecule has 0 amide bonds. The van der Waals surface area contributed by atoms with Gasteiger partial charge in [0.2, 0.25) is 0 Å². The largest absolute Gasteiger partial charge is 0.497 e. The van der Waals surface area contributed by atoms with Crippen molar-refractivity contribution < 1.29 is 4.74 Å². The number of hydrogen-bond acceptors (Lipinski definition) is 2. The summed E-state index contributed by atoms with van der Waals surface area (Å²) in [5.41, 5.74) is 4.59. The van der Waals surface area contributed by atoms with Gasteiger partial charge in [-0.25, -0.2) is 0 Å². The van der Waals surface area contributed by atoms with Gasteiger partial charge in [0, 0.05) is 35.1 Å². The van der Waals surface area contributed by atoms with E-state index in [4.69, 9.17) is 4.74 Å². The van der Waals surface area contributed by atoms with Crippen LogP contribution in [0, 0.1) is 0 Å². The van der Waals surface area contributed by atoms with Crippen LogP contribution in [0.25, 0.3) is 22.6 Å². The Bertz CT molecular complexity index is 757. The number of fused-ring (bicyclic) bond motifs is 1. The lowest BCUT2D eigenvalue weighted by molar-refractivity contribution is 0.415. The molecule has 0 bridgehead atoms. The topological polar surface area (TPSA) is 37.9 Å². The monoisotopic (exact) mass is 264 g/mol. The van der Waals surface area contributed by atoms with Crippen molar-refractivity contribution in [1.29, 1.82) is 0 Å². The zero-order valence-electron chi connectivity index (χ0n) is 11.6. The van der Waals surface area contributed by atoms with E-state index < -0.39 is 0 Å². The lowest BCUT2D eigenvalue weighted by atomic mass is 10.0. The third-order valence-electron chi connectivity index (χ3n) is 3.38. The van der Waals surface area contributed by atoms with E-state index in [1.54, 1.807) is 13.3 Å². The van der Waals surface area contributed by atoms with E-state index in [1.165, 1.54) is 16.5 Å². The van der Waals surface area contributed by atoms with Crippen LogP contribution >= 0.6 is 0 Å². The van der Waals surface area contributed by atoms with Crippen molar-refractivity contribution in [3.8, 4) is 5.75 Å². The Morgan fingerprint density at radius 1 is 1.30 bits per heavy atom. The number of rotatable bonds is 3. The molecule has 20 heavy (non-hydrogen) atoms. The highest BCUT2D eigenvalue weighted by Gasteiger charge is 2.06. The molecule has 0 saturated heterocycles. The summed E-state index contributed by atoms with van der Waals surface area (Å²) >= 11 is 0. The fourth-order valence-corrected chi connectivity index (χ4v) is 2.34. The molecule has 2 aromatic heterocycles. The molecule has 1 aromatic carbocycles. The van der Waals surface area contributed by atoms with Crippen LogP contribution in [0.4, 0.5) is 0 Å². The molecule has 3 heteroatoms. The van der Waals surface area contributed by atoms with Gasteiger partial charge < -0.3 is 9.72 Å². The first-order chi connectivity index (χ1) is 9.78. The van der Waals surface area contributed by atoms with E-state index in [1.807, 2.05) is 36.7 Å². The Morgan fingerprint density at radius 2 is 2.20 bits per heavy atom. The Hall–Kier alpha value is -2.55. The third-order valence-corrected chi connectivity index (χ3v) is 3.38. The average Bonchev–Trinajstić information content (AvgIpc) is 2.91. The minimum atomic E-state index is 0.868. The van der Waals surface area contributed by atoms with E-state index in [0.717, 1.165) is 16.8 Å². The number of hydrogen-bond donors (Lipinski definition) is 1. The summed E-state index contributed by atoms with van der Waals surface area (Å²) < 4.78 is 5.30. The van der Waals surface area contributed by atoms with Crippen molar-refractivity contribution >= 4 is 22.6 Å². The highest BCUT2D eigenvalue weighted by atomic mass is 16.5. The van der Waals surface area contributed by atoms with Crippen molar-refractivity contribution in [3.63, 3.8) is 0 Å². The molecule has 0 radical (unpaired) electrons. The fourth-order valence-electron chi connectivity index (χ4n) is 2.34. The second-order valence-electron chi connectivity index (χ2n) is 4.73. The summed E-state index contributed by atoms with van der Waals surface area (Å²) in [4.78, 5) is 7.43. The molecular weight excluding hydrogens is 248 g/mol. The molecule has 0 atom stereocenters. The van der Waals surface area contributed by atoms with Crippen molar-refractivity contribution in [2.24, 2.45) is 0 Å². The second-order valence-corrected chi connectivity index (χ2v) is 4.73. The standard InChI is InChI=1S/C17H16N2O/c1-12(8-13-4-3-7-18-10-13)16-11-19-17-6-5-14(20-2)9-15(16)17/h3-11,19H,1-2H3/b12-8+. The highest BCUT2D eigenvalue weighted by Crippen LogP contribution is 2.29. The van der Waals surface area contributed by atoms with E-state index >= 15 is 0 Å². The maximum Gasteiger partial charge on any atom is 0.119 e. The molecule has 0 aliphatic heterocycles. The SMILES string of the molecule is COc1ccc2[nH]cc(/C(C)=C/c3cccnc3)c2c1. The van der Waals surface area contributed by atoms with Gasteiger partial charge in [0.15, 0.2) is 0 Å². The number of methoxy groups -OCH3 is 1. The maximum atomic E-state index is 5.30. The van der Waals surface area contributed by atoms with E-state index in [-0.39, 0.29) is 0 Å². The number of ether oxygens (including phenoxy) is 1. The van der Waals surface area contributed by atoms with Gasteiger partial charge in [0.1, 0.15) is 5.75 Å². The molecular formula is C17H16N2O. The zero-order valence-corrected chi connectivity index (χ0v) is 11.6. The van der Waals surface area contributed by atoms with Crippen molar-refractivity contribution in [1.82, 2.24) is 9.97 Å². The molecule has 0 aliphatic rings. The van der Waals surface area contributed by atoms with Gasteiger partial charge in [-0.15, -0.1) is 0 Å². The zero-order chi connectivity index (χ0) is 13.9. The lowest BCUT2D eigenvalue weighted by Crippen LogP contribution is -1.83. The molecule has 3 rings (SSSR count). The normalized spacial score (nSPS) is 11.8. The Kier molecular flexibility index (Phi) is 3.25. The quantitative estimate of drug-likeness (QED) is 0.772. The first-order valence-electron chi connectivity index (χ1n) is 6.52. The number of benzene rings is 1. The van der Waals surface area contributed by atoms with Gasteiger partial charge in [-0.3, -0.25) is 4.98 Å². The van der Waals surface area contributed by atoms with Gasteiger partial charge >= 0.3 is 0 Å². The van der Waals surface area contributed by atoms with Gasteiger partial charge in [-0.2, -0.15) is 0 Å². The molecule has 0 saturated carbocycles. The Labute approximate surface area is 117 Å². The Morgan fingerprint density at radius 3 is 2.95 bits per heavy atom. The number of pyridine rings is 1. The predicted molar refractivity (Wildman–Crippen MR) is 82.6 cm³/mol. The molecule has 0 unspecified atom stereocenters. The molecule has 100 valence electrons. The average molecular weight is 264 g/mol. The van der Waals surface area contributed by atoms with Crippen molar-refractivity contribution in [3.05, 3.63) is 60.0 Å². The molecule has 0 fully saturated rings. The van der Waals surface area contributed by atoms with Gasteiger partial charge in [0.25, 0.3) is 0 Å². The summed E-state index contributed by atoms with van der Waals surface area (Å²) in [6.45, 7) is 2.11. The van der Waals surface area contributed by atoms with Gasteiger partial charge in [0.05, 0.1) is 7.11 Å². The molecule has 3 aromatic rings. The van der Waals surface area contributed by atoms with Crippen LogP contribution in [0.5, 0.6) is 5.75 Å². The van der Waals surface area contributed by atoms with Crippen LogP contribution in [0.2, 0.25) is 0 Å². The number of H-pyrrole nitrogens is 1. The predicted octanol–water partition coefficient (Wildman–Crippen LogP) is 4.13. The van der Waals surface area contributed by atoms with Crippen LogP contribution < -0.4 is 4.74 Å². The molecule has 1 N–H and O–H groups in total. The van der Waals surface area contributed by atoms with Crippen LogP contribution in [0.15, 0.2) is 48.9 Å². The maximum absolute atomic E-state index is 5.30. The van der Waals surface area contributed by atoms with Crippen LogP contribution in [0.1, 0.15) is 18.1 Å². The molecule has 2 heterocycles. The number of nitrogens with one attached hydrogen (secondary N) is 1. The van der Waals surface area contributed by atoms with Crippen LogP contribution in [-0.2, 0) is 0 Å². The third kappa shape index (κ3) is 2.30. The summed E-state index contributed by atoms with van der Waals surface area (Å²) in [6, 6.07) is 10.0. The first kappa shape index (κ1) is 12.5. The fraction of sp³-hybridized carbons (Fsp3) is 0.118. The number of aromatic nitrogens is 2. The van der Waals surface area contributed by atoms with E-state index in [0.29, 0.717) is 0 Å². The minimum Gasteiger partial charge on any atom is -0.497 e. The number of nitrogens with zero attached hydrogens (tertiary/aromatic N) is 1. The summed E-state index contributed by atoms with van der Waals surface area (Å²) in [7, 11) is 1.69. The highest BCUT2D eigenvalue weighted by molar-refractivity contribution is 5.96. The smallest absolute Gasteiger partial charge is 0.119 e.